The molecule has 2 heterocycles. The Hall–Kier alpha value is -4.47. The zero-order chi connectivity index (χ0) is 25.5. The first-order valence-electron chi connectivity index (χ1n) is 11.8. The van der Waals surface area contributed by atoms with Crippen molar-refractivity contribution in [1.29, 1.82) is 0 Å². The Kier molecular flexibility index (Phi) is 7.74. The Balaban J connectivity index is 0.00000380. The lowest BCUT2D eigenvalue weighted by molar-refractivity contribution is -0.141. The molecule has 2 amide bonds. The highest BCUT2D eigenvalue weighted by Crippen LogP contribution is 2.24. The van der Waals surface area contributed by atoms with E-state index in [1.165, 1.54) is 4.90 Å². The Morgan fingerprint density at radius 1 is 1.11 bits per heavy atom. The van der Waals surface area contributed by atoms with Gasteiger partial charge in [0.25, 0.3) is 0 Å². The summed E-state index contributed by atoms with van der Waals surface area (Å²) in [7, 11) is 0. The van der Waals surface area contributed by atoms with Crippen LogP contribution in [0.1, 0.15) is 33.8 Å². The van der Waals surface area contributed by atoms with Gasteiger partial charge in [-0.05, 0) is 50.6 Å². The van der Waals surface area contributed by atoms with Gasteiger partial charge < -0.3 is 15.4 Å². The molecule has 0 aliphatic rings. The number of nitrogens with one attached hydrogen (secondary N) is 2. The number of fused-ring (bicyclic) bond motifs is 1. The summed E-state index contributed by atoms with van der Waals surface area (Å²) in [4.78, 5) is 39.6. The number of carbonyl (C=O) groups excluding carboxylic acids is 2. The SMILES string of the molecule is CCNC(=O)N(CC(=O)OCC)c1ccc2c(c1)ncn2-c1ccnc(N[C@@H](C)c2ccccc2)n1.[HH]. The van der Waals surface area contributed by atoms with Gasteiger partial charge in [0.1, 0.15) is 18.7 Å². The molecule has 36 heavy (non-hydrogen) atoms. The van der Waals surface area contributed by atoms with E-state index in [1.54, 1.807) is 37.6 Å². The van der Waals surface area contributed by atoms with Gasteiger partial charge in [-0.3, -0.25) is 14.3 Å². The highest BCUT2D eigenvalue weighted by molar-refractivity contribution is 5.98. The molecule has 0 radical (unpaired) electrons. The maximum atomic E-state index is 12.6. The quantitative estimate of drug-likeness (QED) is 0.336. The first-order chi connectivity index (χ1) is 17.5. The van der Waals surface area contributed by atoms with Gasteiger partial charge in [-0.1, -0.05) is 30.3 Å². The van der Waals surface area contributed by atoms with E-state index in [9.17, 15) is 9.59 Å². The highest BCUT2D eigenvalue weighted by atomic mass is 16.5. The maximum Gasteiger partial charge on any atom is 0.326 e. The molecular formula is C26H31N7O3. The van der Waals surface area contributed by atoms with Crippen LogP contribution in [0.3, 0.4) is 0 Å². The second-order valence-electron chi connectivity index (χ2n) is 8.03. The van der Waals surface area contributed by atoms with E-state index in [0.29, 0.717) is 29.5 Å². The van der Waals surface area contributed by atoms with Crippen molar-refractivity contribution in [3.8, 4) is 5.82 Å². The largest absolute Gasteiger partial charge is 0.465 e. The topological polar surface area (TPSA) is 114 Å². The number of anilines is 2. The Bertz CT molecular complexity index is 1350. The van der Waals surface area contributed by atoms with Gasteiger partial charge in [0.15, 0.2) is 0 Å². The van der Waals surface area contributed by atoms with Crippen LogP contribution in [0, 0.1) is 0 Å². The van der Waals surface area contributed by atoms with Crippen molar-refractivity contribution in [2.24, 2.45) is 0 Å². The zero-order valence-corrected chi connectivity index (χ0v) is 20.5. The molecule has 2 N–H and O–H groups in total. The molecule has 0 unspecified atom stereocenters. The first-order valence-corrected chi connectivity index (χ1v) is 11.8. The summed E-state index contributed by atoms with van der Waals surface area (Å²) in [6.45, 7) is 6.07. The van der Waals surface area contributed by atoms with Crippen LogP contribution in [0.4, 0.5) is 16.4 Å². The Morgan fingerprint density at radius 2 is 1.92 bits per heavy atom. The summed E-state index contributed by atoms with van der Waals surface area (Å²) >= 11 is 0. The van der Waals surface area contributed by atoms with Crippen molar-refractivity contribution < 1.29 is 15.8 Å². The van der Waals surface area contributed by atoms with Crippen LogP contribution in [0.25, 0.3) is 16.9 Å². The smallest absolute Gasteiger partial charge is 0.326 e. The average molecular weight is 490 g/mol. The minimum absolute atomic E-state index is 0. The molecule has 4 rings (SSSR count). The van der Waals surface area contributed by atoms with Crippen LogP contribution in [-0.2, 0) is 9.53 Å². The molecule has 0 saturated carbocycles. The monoisotopic (exact) mass is 489 g/mol. The van der Waals surface area contributed by atoms with E-state index < -0.39 is 5.97 Å². The molecule has 0 aliphatic carbocycles. The lowest BCUT2D eigenvalue weighted by Crippen LogP contribution is -2.43. The van der Waals surface area contributed by atoms with Crippen molar-refractivity contribution in [1.82, 2.24) is 24.8 Å². The number of amides is 2. The van der Waals surface area contributed by atoms with E-state index in [0.717, 1.165) is 11.1 Å². The molecule has 4 aromatic rings. The number of hydrogen-bond donors (Lipinski definition) is 2. The number of hydrogen-bond acceptors (Lipinski definition) is 7. The van der Waals surface area contributed by atoms with Crippen LogP contribution in [0.15, 0.2) is 67.1 Å². The van der Waals surface area contributed by atoms with Crippen LogP contribution in [0.2, 0.25) is 0 Å². The molecule has 0 fully saturated rings. The molecule has 10 nitrogen and oxygen atoms in total. The third kappa shape index (κ3) is 5.60. The third-order valence-corrected chi connectivity index (χ3v) is 5.54. The van der Waals surface area contributed by atoms with Crippen molar-refractivity contribution in [2.75, 3.05) is 29.9 Å². The number of imidazole rings is 1. The van der Waals surface area contributed by atoms with E-state index in [-0.39, 0.29) is 26.7 Å². The summed E-state index contributed by atoms with van der Waals surface area (Å²) in [6.07, 6.45) is 3.36. The summed E-state index contributed by atoms with van der Waals surface area (Å²) in [6, 6.07) is 16.9. The van der Waals surface area contributed by atoms with Crippen molar-refractivity contribution in [3.05, 3.63) is 72.7 Å². The number of benzene rings is 2. The Labute approximate surface area is 210 Å². The van der Waals surface area contributed by atoms with E-state index in [4.69, 9.17) is 4.74 Å². The van der Waals surface area contributed by atoms with Crippen LogP contribution >= 0.6 is 0 Å². The molecular weight excluding hydrogens is 458 g/mol. The molecule has 0 spiro atoms. The van der Waals surface area contributed by atoms with Crippen LogP contribution < -0.4 is 15.5 Å². The molecule has 10 heteroatoms. The zero-order valence-electron chi connectivity index (χ0n) is 20.5. The molecule has 0 aliphatic heterocycles. The number of carbonyl (C=O) groups is 2. The number of esters is 1. The molecule has 0 bridgehead atoms. The molecule has 0 saturated heterocycles. The van der Waals surface area contributed by atoms with Crippen molar-refractivity contribution >= 4 is 34.7 Å². The van der Waals surface area contributed by atoms with Crippen molar-refractivity contribution in [2.45, 2.75) is 26.8 Å². The van der Waals surface area contributed by atoms with Gasteiger partial charge in [-0.15, -0.1) is 0 Å². The third-order valence-electron chi connectivity index (χ3n) is 5.54. The second kappa shape index (κ2) is 11.3. The van der Waals surface area contributed by atoms with Crippen molar-refractivity contribution in [3.63, 3.8) is 0 Å². The fourth-order valence-electron chi connectivity index (χ4n) is 3.79. The fraction of sp³-hybridized carbons (Fsp3) is 0.269. The van der Waals surface area contributed by atoms with E-state index in [1.807, 2.05) is 35.8 Å². The molecule has 188 valence electrons. The predicted molar refractivity (Wildman–Crippen MR) is 140 cm³/mol. The van der Waals surface area contributed by atoms with Gasteiger partial charge >= 0.3 is 12.0 Å². The maximum absolute atomic E-state index is 12.6. The number of ether oxygens (including phenoxy) is 1. The number of nitrogens with zero attached hydrogens (tertiary/aromatic N) is 5. The predicted octanol–water partition coefficient (Wildman–Crippen LogP) is 4.33. The number of rotatable bonds is 9. The summed E-state index contributed by atoms with van der Waals surface area (Å²) in [5, 5.41) is 6.07. The standard InChI is InChI=1S/C26H29N7O3.H2/c1-4-27-26(35)32(16-24(34)36-5-2)20-11-12-22-21(15-20)29-17-33(22)23-13-14-28-25(31-23)30-18(3)19-9-7-6-8-10-19;/h6-15,17-18H,4-5,16H2,1-3H3,(H,27,35)(H,28,30,31);1H/t18-;/m0./s1. The summed E-state index contributed by atoms with van der Waals surface area (Å²) in [5.41, 5.74) is 3.11. The number of urea groups is 1. The normalized spacial score (nSPS) is 11.6. The molecule has 1 atom stereocenters. The minimum atomic E-state index is -0.486. The lowest BCUT2D eigenvalue weighted by Gasteiger charge is -2.22. The van der Waals surface area contributed by atoms with Gasteiger partial charge in [0, 0.05) is 19.9 Å². The average Bonchev–Trinajstić information content (AvgIpc) is 3.31. The Morgan fingerprint density at radius 3 is 2.67 bits per heavy atom. The number of aromatic nitrogens is 4. The van der Waals surface area contributed by atoms with Crippen LogP contribution in [0.5, 0.6) is 0 Å². The summed E-state index contributed by atoms with van der Waals surface area (Å²) < 4.78 is 6.89. The van der Waals surface area contributed by atoms with E-state index >= 15 is 0 Å². The fourth-order valence-corrected chi connectivity index (χ4v) is 3.79. The van der Waals surface area contributed by atoms with Gasteiger partial charge in [-0.2, -0.15) is 4.98 Å². The van der Waals surface area contributed by atoms with Crippen LogP contribution in [-0.4, -0.2) is 51.2 Å². The second-order valence-corrected chi connectivity index (χ2v) is 8.03. The lowest BCUT2D eigenvalue weighted by atomic mass is 10.1. The minimum Gasteiger partial charge on any atom is -0.465 e. The summed E-state index contributed by atoms with van der Waals surface area (Å²) in [5.74, 6) is 0.661. The molecule has 2 aromatic heterocycles. The molecule has 2 aromatic carbocycles. The van der Waals surface area contributed by atoms with Gasteiger partial charge in [0.2, 0.25) is 5.95 Å². The highest BCUT2D eigenvalue weighted by Gasteiger charge is 2.20. The first kappa shape index (κ1) is 24.6. The van der Waals surface area contributed by atoms with E-state index in [2.05, 4.69) is 44.6 Å². The van der Waals surface area contributed by atoms with Gasteiger partial charge in [-0.25, -0.2) is 14.8 Å². The van der Waals surface area contributed by atoms with Gasteiger partial charge in [0.05, 0.1) is 23.7 Å².